The molecule has 2 aliphatic rings. The number of benzene rings is 2. The Morgan fingerprint density at radius 3 is 2.87 bits per heavy atom. The Hall–Kier alpha value is -2.78. The van der Waals surface area contributed by atoms with Gasteiger partial charge in [-0.1, -0.05) is 30.7 Å². The summed E-state index contributed by atoms with van der Waals surface area (Å²) in [5.74, 6) is 0.210. The van der Waals surface area contributed by atoms with Crippen LogP contribution in [-0.4, -0.2) is 31.7 Å². The summed E-state index contributed by atoms with van der Waals surface area (Å²) in [5.41, 5.74) is 2.91. The van der Waals surface area contributed by atoms with Gasteiger partial charge in [-0.25, -0.2) is 4.98 Å². The van der Waals surface area contributed by atoms with E-state index in [0.717, 1.165) is 42.4 Å². The number of nitrogens with zero attached hydrogens (tertiary/aromatic N) is 3. The van der Waals surface area contributed by atoms with E-state index in [4.69, 9.17) is 0 Å². The molecule has 9 heteroatoms. The van der Waals surface area contributed by atoms with Crippen molar-refractivity contribution in [1.82, 2.24) is 4.98 Å². The maximum Gasteiger partial charge on any atom is 0.286 e. The average molecular weight is 455 g/mol. The summed E-state index contributed by atoms with van der Waals surface area (Å²) in [6, 6.07) is 10.9. The van der Waals surface area contributed by atoms with Crippen molar-refractivity contribution >= 4 is 54.1 Å². The van der Waals surface area contributed by atoms with Crippen LogP contribution in [0.5, 0.6) is 0 Å². The summed E-state index contributed by atoms with van der Waals surface area (Å²) in [5, 5.41) is 3.30. The molecule has 160 valence electrons. The molecular weight excluding hydrogens is 432 g/mol. The van der Waals surface area contributed by atoms with Gasteiger partial charge in [0, 0.05) is 18.5 Å². The zero-order valence-corrected chi connectivity index (χ0v) is 18.7. The van der Waals surface area contributed by atoms with Crippen molar-refractivity contribution in [2.75, 3.05) is 16.8 Å². The van der Waals surface area contributed by atoms with Crippen molar-refractivity contribution in [2.24, 2.45) is 4.40 Å². The molecule has 0 saturated carbocycles. The van der Waals surface area contributed by atoms with Crippen molar-refractivity contribution in [3.05, 3.63) is 47.5 Å². The van der Waals surface area contributed by atoms with Crippen LogP contribution in [0.4, 0.5) is 10.8 Å². The van der Waals surface area contributed by atoms with Crippen LogP contribution >= 0.6 is 11.3 Å². The Labute approximate surface area is 184 Å². The van der Waals surface area contributed by atoms with Crippen molar-refractivity contribution in [3.8, 4) is 0 Å². The van der Waals surface area contributed by atoms with Gasteiger partial charge in [0.2, 0.25) is 0 Å². The molecule has 1 saturated heterocycles. The van der Waals surface area contributed by atoms with Crippen molar-refractivity contribution < 1.29 is 13.2 Å². The number of carbonyl (C=O) groups is 1. The molecule has 1 N–H and O–H groups in total. The predicted molar refractivity (Wildman–Crippen MR) is 124 cm³/mol. The molecule has 2 aromatic carbocycles. The van der Waals surface area contributed by atoms with Gasteiger partial charge in [0.05, 0.1) is 15.9 Å². The number of hydrogen-bond acceptors (Lipinski definition) is 6. The third-order valence-corrected chi connectivity index (χ3v) is 7.96. The first-order valence-corrected chi connectivity index (χ1v) is 12.7. The summed E-state index contributed by atoms with van der Waals surface area (Å²) < 4.78 is 30.6. The molecule has 0 atom stereocenters. The van der Waals surface area contributed by atoms with E-state index in [1.54, 1.807) is 12.1 Å². The quantitative estimate of drug-likeness (QED) is 0.625. The molecular formula is C22H22N4O3S2. The number of carbonyl (C=O) groups excluding carboxylic acids is 1. The van der Waals surface area contributed by atoms with Gasteiger partial charge in [-0.15, -0.1) is 4.40 Å². The highest BCUT2D eigenvalue weighted by Crippen LogP contribution is 2.35. The number of fused-ring (bicyclic) bond motifs is 4. The van der Waals surface area contributed by atoms with Gasteiger partial charge in [-0.05, 0) is 55.2 Å². The fourth-order valence-electron chi connectivity index (χ4n) is 4.03. The van der Waals surface area contributed by atoms with Gasteiger partial charge < -0.3 is 4.90 Å². The number of amidine groups is 1. The number of rotatable bonds is 3. The monoisotopic (exact) mass is 454 g/mol. The summed E-state index contributed by atoms with van der Waals surface area (Å²) in [6.07, 6.45) is 4.55. The van der Waals surface area contributed by atoms with E-state index < -0.39 is 15.9 Å². The molecule has 3 heterocycles. The number of thiazole rings is 1. The minimum atomic E-state index is -3.83. The van der Waals surface area contributed by atoms with E-state index in [0.29, 0.717) is 23.1 Å². The normalized spacial score (nSPS) is 17.5. The second-order valence-corrected chi connectivity index (χ2v) is 10.4. The molecule has 0 spiro atoms. The number of amides is 1. The third-order valence-electron chi connectivity index (χ3n) is 5.69. The van der Waals surface area contributed by atoms with E-state index in [2.05, 4.69) is 27.7 Å². The number of aryl methyl sites for hydroxylation is 1. The van der Waals surface area contributed by atoms with Gasteiger partial charge >= 0.3 is 0 Å². The van der Waals surface area contributed by atoms with E-state index in [1.807, 2.05) is 17.0 Å². The maximum atomic E-state index is 12.9. The lowest BCUT2D eigenvalue weighted by molar-refractivity contribution is 0.102. The van der Waals surface area contributed by atoms with Gasteiger partial charge in [0.15, 0.2) is 5.13 Å². The largest absolute Gasteiger partial charge is 0.328 e. The first-order chi connectivity index (χ1) is 14.9. The molecule has 1 fully saturated rings. The zero-order chi connectivity index (χ0) is 21.6. The van der Waals surface area contributed by atoms with Crippen LogP contribution in [0, 0.1) is 0 Å². The Morgan fingerprint density at radius 1 is 1.16 bits per heavy atom. The molecule has 0 unspecified atom stereocenters. The third kappa shape index (κ3) is 3.72. The fraction of sp³-hybridized carbons (Fsp3) is 0.318. The first-order valence-electron chi connectivity index (χ1n) is 10.4. The smallest absolute Gasteiger partial charge is 0.286 e. The highest BCUT2D eigenvalue weighted by molar-refractivity contribution is 7.90. The molecule has 2 aliphatic heterocycles. The van der Waals surface area contributed by atoms with E-state index in [1.165, 1.54) is 23.0 Å². The lowest BCUT2D eigenvalue weighted by Crippen LogP contribution is -2.35. The second-order valence-electron chi connectivity index (χ2n) is 7.76. The maximum absolute atomic E-state index is 12.9. The van der Waals surface area contributed by atoms with Crippen molar-refractivity contribution in [2.45, 2.75) is 43.9 Å². The molecule has 1 aromatic heterocycles. The summed E-state index contributed by atoms with van der Waals surface area (Å²) in [6.45, 7) is 2.83. The number of anilines is 2. The number of hydrogen-bond donors (Lipinski definition) is 1. The Kier molecular flexibility index (Phi) is 5.02. The van der Waals surface area contributed by atoms with Crippen molar-refractivity contribution in [3.63, 3.8) is 0 Å². The number of sulfonamides is 1. The minimum Gasteiger partial charge on any atom is -0.328 e. The van der Waals surface area contributed by atoms with E-state index in [9.17, 15) is 13.2 Å². The van der Waals surface area contributed by atoms with Gasteiger partial charge in [-0.3, -0.25) is 10.1 Å². The van der Waals surface area contributed by atoms with Crippen LogP contribution in [0.2, 0.25) is 0 Å². The fourth-order valence-corrected chi connectivity index (χ4v) is 6.24. The van der Waals surface area contributed by atoms with Crippen LogP contribution in [0.1, 0.15) is 48.5 Å². The van der Waals surface area contributed by atoms with Gasteiger partial charge in [0.25, 0.3) is 15.9 Å². The molecule has 7 nitrogen and oxygen atoms in total. The Morgan fingerprint density at radius 2 is 2.03 bits per heavy atom. The molecule has 0 bridgehead atoms. The molecule has 31 heavy (non-hydrogen) atoms. The van der Waals surface area contributed by atoms with Crippen LogP contribution in [0.25, 0.3) is 10.2 Å². The zero-order valence-electron chi connectivity index (χ0n) is 17.1. The lowest BCUT2D eigenvalue weighted by atomic mass is 10.1. The van der Waals surface area contributed by atoms with Crippen LogP contribution in [0.15, 0.2) is 45.7 Å². The minimum absolute atomic E-state index is 0.0858. The second kappa shape index (κ2) is 7.72. The molecule has 5 rings (SSSR count). The molecule has 0 aliphatic carbocycles. The highest BCUT2D eigenvalue weighted by atomic mass is 32.2. The average Bonchev–Trinajstić information content (AvgIpc) is 3.01. The van der Waals surface area contributed by atoms with Crippen LogP contribution in [-0.2, 0) is 16.4 Å². The topological polar surface area (TPSA) is 91.7 Å². The molecule has 1 amide bonds. The Bertz CT molecular complexity index is 1330. The standard InChI is InChI=1S/C22H22N4O3S2/c1-2-14-7-9-16-18(12-14)30-22(23-16)24-21(27)15-8-10-17-19(13-15)31(28,29)25-20-6-4-3-5-11-26(17)20/h7-10,12-13H,2-6,11H2,1H3,(H,23,24,27). The van der Waals surface area contributed by atoms with Crippen LogP contribution < -0.4 is 10.2 Å². The van der Waals surface area contributed by atoms with E-state index >= 15 is 0 Å². The molecule has 0 radical (unpaired) electrons. The van der Waals surface area contributed by atoms with Gasteiger partial charge in [0.1, 0.15) is 10.7 Å². The highest BCUT2D eigenvalue weighted by Gasteiger charge is 2.32. The number of aromatic nitrogens is 1. The van der Waals surface area contributed by atoms with Crippen molar-refractivity contribution in [1.29, 1.82) is 0 Å². The predicted octanol–water partition coefficient (Wildman–Crippen LogP) is 4.59. The SMILES string of the molecule is CCc1ccc2nc(NC(=O)c3ccc4c(c3)S(=O)(=O)N=C3CCCCCN34)sc2c1. The molecule has 3 aromatic rings. The lowest BCUT2D eigenvalue weighted by Gasteiger charge is -2.29. The van der Waals surface area contributed by atoms with Crippen LogP contribution in [0.3, 0.4) is 0 Å². The number of nitrogens with one attached hydrogen (secondary N) is 1. The summed E-state index contributed by atoms with van der Waals surface area (Å²) >= 11 is 1.40. The Balaban J connectivity index is 1.45. The van der Waals surface area contributed by atoms with E-state index in [-0.39, 0.29) is 10.5 Å². The first kappa shape index (κ1) is 20.1. The van der Waals surface area contributed by atoms with Gasteiger partial charge in [-0.2, -0.15) is 8.42 Å². The summed E-state index contributed by atoms with van der Waals surface area (Å²) in [4.78, 5) is 19.4. The summed E-state index contributed by atoms with van der Waals surface area (Å²) in [7, 11) is -3.83.